The molecule has 0 heterocycles. The second kappa shape index (κ2) is 9.37. The third kappa shape index (κ3) is 6.06. The Morgan fingerprint density at radius 3 is 2.60 bits per heavy atom. The van der Waals surface area contributed by atoms with Crippen molar-refractivity contribution in [3.05, 3.63) is 29.8 Å². The molecule has 1 aromatic rings. The van der Waals surface area contributed by atoms with Crippen LogP contribution in [0, 0.1) is 0 Å². The summed E-state index contributed by atoms with van der Waals surface area (Å²) in [6.45, 7) is 4.93. The molecule has 0 aliphatic heterocycles. The predicted molar refractivity (Wildman–Crippen MR) is 80.1 cm³/mol. The Kier molecular flexibility index (Phi) is 7.73. The van der Waals surface area contributed by atoms with Crippen LogP contribution < -0.4 is 10.1 Å². The lowest BCUT2D eigenvalue weighted by atomic mass is 10.1. The Morgan fingerprint density at radius 2 is 2.00 bits per heavy atom. The maximum atomic E-state index is 12.0. The lowest BCUT2D eigenvalue weighted by molar-refractivity contribution is 0.0936. The fraction of sp³-hybridized carbons (Fsp3) is 0.562. The molecule has 0 bridgehead atoms. The number of carbonyl (C=O) groups excluding carboxylic acids is 1. The Balaban J connectivity index is 2.44. The maximum Gasteiger partial charge on any atom is 0.251 e. The largest absolute Gasteiger partial charge is 0.494 e. The van der Waals surface area contributed by atoms with Crippen molar-refractivity contribution < 1.29 is 14.6 Å². The van der Waals surface area contributed by atoms with Crippen LogP contribution in [0.3, 0.4) is 0 Å². The molecule has 1 aromatic carbocycles. The molecular weight excluding hydrogens is 254 g/mol. The summed E-state index contributed by atoms with van der Waals surface area (Å²) < 4.78 is 5.56. The molecule has 1 atom stereocenters. The van der Waals surface area contributed by atoms with E-state index >= 15 is 0 Å². The number of hydrogen-bond acceptors (Lipinski definition) is 3. The Bertz CT molecular complexity index is 389. The van der Waals surface area contributed by atoms with Crippen LogP contribution in [0.15, 0.2) is 24.3 Å². The Hall–Kier alpha value is -1.55. The number of ether oxygens (including phenoxy) is 1. The fourth-order valence-corrected chi connectivity index (χ4v) is 1.81. The van der Waals surface area contributed by atoms with Crippen LogP contribution >= 0.6 is 0 Å². The predicted octanol–water partition coefficient (Wildman–Crippen LogP) is 2.76. The van der Waals surface area contributed by atoms with Crippen LogP contribution in [0.25, 0.3) is 0 Å². The van der Waals surface area contributed by atoms with Crippen LogP contribution in [0.5, 0.6) is 5.75 Å². The molecule has 112 valence electrons. The van der Waals surface area contributed by atoms with E-state index in [4.69, 9.17) is 9.84 Å². The molecule has 1 unspecified atom stereocenters. The molecule has 1 rings (SSSR count). The monoisotopic (exact) mass is 279 g/mol. The highest BCUT2D eigenvalue weighted by molar-refractivity contribution is 5.94. The zero-order valence-electron chi connectivity index (χ0n) is 12.4. The van der Waals surface area contributed by atoms with Crippen LogP contribution in [0.1, 0.15) is 49.9 Å². The van der Waals surface area contributed by atoms with Crippen molar-refractivity contribution in [2.75, 3.05) is 13.2 Å². The number of rotatable bonds is 9. The van der Waals surface area contributed by atoms with Gasteiger partial charge in [0.1, 0.15) is 5.75 Å². The highest BCUT2D eigenvalue weighted by Crippen LogP contribution is 2.13. The molecule has 0 spiro atoms. The lowest BCUT2D eigenvalue weighted by Gasteiger charge is -2.13. The van der Waals surface area contributed by atoms with Gasteiger partial charge in [-0.3, -0.25) is 4.79 Å². The first-order valence-electron chi connectivity index (χ1n) is 7.32. The lowest BCUT2D eigenvalue weighted by Crippen LogP contribution is -2.32. The highest BCUT2D eigenvalue weighted by atomic mass is 16.5. The van der Waals surface area contributed by atoms with E-state index in [1.54, 1.807) is 12.1 Å². The number of hydrogen-bond donors (Lipinski definition) is 2. The average Bonchev–Trinajstić information content (AvgIpc) is 2.46. The molecule has 20 heavy (non-hydrogen) atoms. The topological polar surface area (TPSA) is 58.6 Å². The minimum absolute atomic E-state index is 0.0649. The van der Waals surface area contributed by atoms with Gasteiger partial charge in [-0.25, -0.2) is 0 Å². The second-order valence-electron chi connectivity index (χ2n) is 4.97. The van der Waals surface area contributed by atoms with Gasteiger partial charge in [0.25, 0.3) is 5.91 Å². The fourth-order valence-electron chi connectivity index (χ4n) is 1.81. The molecule has 1 amide bonds. The van der Waals surface area contributed by atoms with Gasteiger partial charge in [0.15, 0.2) is 0 Å². The van der Waals surface area contributed by atoms with Crippen molar-refractivity contribution in [2.45, 2.75) is 45.6 Å². The average molecular weight is 279 g/mol. The standard InChI is InChI=1S/C16H25NO3/c1-3-4-12-20-15-9-7-14(8-10-15)16(19)17-13(2)6-5-11-18/h7-10,13,18H,3-6,11-12H2,1-2H3,(H,17,19). The summed E-state index contributed by atoms with van der Waals surface area (Å²) in [6.07, 6.45) is 3.61. The molecule has 0 saturated carbocycles. The number of aliphatic hydroxyl groups is 1. The minimum Gasteiger partial charge on any atom is -0.494 e. The van der Waals surface area contributed by atoms with Gasteiger partial charge in [0.2, 0.25) is 0 Å². The van der Waals surface area contributed by atoms with E-state index in [0.29, 0.717) is 18.6 Å². The van der Waals surface area contributed by atoms with Gasteiger partial charge in [0.05, 0.1) is 6.61 Å². The summed E-state index contributed by atoms with van der Waals surface area (Å²) in [4.78, 5) is 12.0. The molecule has 4 heteroatoms. The van der Waals surface area contributed by atoms with Crippen LogP contribution in [0.2, 0.25) is 0 Å². The van der Waals surface area contributed by atoms with Gasteiger partial charge in [-0.1, -0.05) is 13.3 Å². The Morgan fingerprint density at radius 1 is 1.30 bits per heavy atom. The summed E-state index contributed by atoms with van der Waals surface area (Å²) in [5.41, 5.74) is 0.628. The van der Waals surface area contributed by atoms with E-state index < -0.39 is 0 Å². The summed E-state index contributed by atoms with van der Waals surface area (Å²) in [7, 11) is 0. The van der Waals surface area contributed by atoms with Crippen molar-refractivity contribution in [1.29, 1.82) is 0 Å². The maximum absolute atomic E-state index is 12.0. The molecule has 0 fully saturated rings. The van der Waals surface area contributed by atoms with Gasteiger partial charge in [0, 0.05) is 18.2 Å². The number of aliphatic hydroxyl groups excluding tert-OH is 1. The minimum atomic E-state index is -0.0875. The molecule has 0 aliphatic rings. The van der Waals surface area contributed by atoms with E-state index in [9.17, 15) is 4.79 Å². The number of nitrogens with one attached hydrogen (secondary N) is 1. The van der Waals surface area contributed by atoms with Gasteiger partial charge >= 0.3 is 0 Å². The first-order valence-corrected chi connectivity index (χ1v) is 7.32. The second-order valence-corrected chi connectivity index (χ2v) is 4.97. The highest BCUT2D eigenvalue weighted by Gasteiger charge is 2.09. The number of amides is 1. The van der Waals surface area contributed by atoms with Crippen molar-refractivity contribution >= 4 is 5.91 Å². The number of unbranched alkanes of at least 4 members (excludes halogenated alkanes) is 1. The number of carbonyl (C=O) groups is 1. The van der Waals surface area contributed by atoms with E-state index in [-0.39, 0.29) is 18.6 Å². The van der Waals surface area contributed by atoms with Crippen LogP contribution in [-0.2, 0) is 0 Å². The molecule has 0 saturated heterocycles. The van der Waals surface area contributed by atoms with Crippen molar-refractivity contribution in [2.24, 2.45) is 0 Å². The third-order valence-electron chi connectivity index (χ3n) is 3.06. The molecule has 4 nitrogen and oxygen atoms in total. The summed E-state index contributed by atoms with van der Waals surface area (Å²) in [5, 5.41) is 11.7. The number of benzene rings is 1. The molecule has 2 N–H and O–H groups in total. The smallest absolute Gasteiger partial charge is 0.251 e. The normalized spacial score (nSPS) is 11.9. The first-order chi connectivity index (χ1) is 9.67. The zero-order chi connectivity index (χ0) is 14.8. The van der Waals surface area contributed by atoms with Crippen LogP contribution in [-0.4, -0.2) is 30.3 Å². The summed E-state index contributed by atoms with van der Waals surface area (Å²) >= 11 is 0. The zero-order valence-corrected chi connectivity index (χ0v) is 12.4. The first kappa shape index (κ1) is 16.5. The van der Waals surface area contributed by atoms with Crippen molar-refractivity contribution in [3.63, 3.8) is 0 Å². The van der Waals surface area contributed by atoms with E-state index in [0.717, 1.165) is 25.0 Å². The SMILES string of the molecule is CCCCOc1ccc(C(=O)NC(C)CCCO)cc1. The molecule has 0 aliphatic carbocycles. The van der Waals surface area contributed by atoms with Crippen molar-refractivity contribution in [1.82, 2.24) is 5.32 Å². The third-order valence-corrected chi connectivity index (χ3v) is 3.06. The molecule has 0 radical (unpaired) electrons. The van der Waals surface area contributed by atoms with Gasteiger partial charge < -0.3 is 15.2 Å². The summed E-state index contributed by atoms with van der Waals surface area (Å²) in [5.74, 6) is 0.707. The quantitative estimate of drug-likeness (QED) is 0.683. The molecule has 0 aromatic heterocycles. The van der Waals surface area contributed by atoms with E-state index in [2.05, 4.69) is 12.2 Å². The summed E-state index contributed by atoms with van der Waals surface area (Å²) in [6, 6.07) is 7.26. The van der Waals surface area contributed by atoms with Crippen LogP contribution in [0.4, 0.5) is 0 Å². The van der Waals surface area contributed by atoms with E-state index in [1.165, 1.54) is 0 Å². The van der Waals surface area contributed by atoms with E-state index in [1.807, 2.05) is 19.1 Å². The van der Waals surface area contributed by atoms with Crippen molar-refractivity contribution in [3.8, 4) is 5.75 Å². The van der Waals surface area contributed by atoms with Gasteiger partial charge in [-0.15, -0.1) is 0 Å². The molecular formula is C16H25NO3. The van der Waals surface area contributed by atoms with Gasteiger partial charge in [-0.05, 0) is 50.5 Å². The Labute approximate surface area is 121 Å². The van der Waals surface area contributed by atoms with Gasteiger partial charge in [-0.2, -0.15) is 0 Å².